The van der Waals surface area contributed by atoms with E-state index >= 15 is 0 Å². The minimum Gasteiger partial charge on any atom is -0.371 e. The van der Waals surface area contributed by atoms with Crippen LogP contribution in [-0.2, 0) is 5.54 Å². The molecule has 2 aliphatic rings. The van der Waals surface area contributed by atoms with Crippen molar-refractivity contribution < 1.29 is 4.52 Å². The molecule has 0 radical (unpaired) electrons. The molecule has 5 heteroatoms. The number of rotatable bonds is 3. The summed E-state index contributed by atoms with van der Waals surface area (Å²) in [5.74, 6) is 1.96. The second-order valence-corrected chi connectivity index (χ2v) is 6.21. The van der Waals surface area contributed by atoms with Gasteiger partial charge in [-0.3, -0.25) is 0 Å². The average Bonchev–Trinajstić information content (AvgIpc) is 3.25. The normalized spacial score (nSPS) is 21.5. The molecule has 0 amide bonds. The summed E-state index contributed by atoms with van der Waals surface area (Å²) in [7, 11) is 0. The maximum Gasteiger partial charge on any atom is 0.229 e. The summed E-state index contributed by atoms with van der Waals surface area (Å²) in [5, 5.41) is 4.14. The van der Waals surface area contributed by atoms with E-state index in [2.05, 4.69) is 39.3 Å². The summed E-state index contributed by atoms with van der Waals surface area (Å²) in [4.78, 5) is 6.91. The van der Waals surface area contributed by atoms with Crippen LogP contribution >= 0.6 is 0 Å². The average molecular weight is 284 g/mol. The fourth-order valence-electron chi connectivity index (χ4n) is 2.96. The van der Waals surface area contributed by atoms with E-state index in [0.717, 1.165) is 31.8 Å². The molecular weight excluding hydrogens is 264 g/mol. The predicted octanol–water partition coefficient (Wildman–Crippen LogP) is 2.40. The minimum absolute atomic E-state index is 0.443. The molecule has 0 atom stereocenters. The van der Waals surface area contributed by atoms with Gasteiger partial charge in [0.05, 0.1) is 5.54 Å². The summed E-state index contributed by atoms with van der Waals surface area (Å²) in [5.41, 5.74) is 7.36. The molecule has 1 aliphatic heterocycles. The van der Waals surface area contributed by atoms with Gasteiger partial charge in [-0.1, -0.05) is 23.4 Å². The summed E-state index contributed by atoms with van der Waals surface area (Å²) in [6.07, 6.45) is 4.04. The molecule has 2 heterocycles. The molecule has 1 aromatic carbocycles. The van der Waals surface area contributed by atoms with Crippen molar-refractivity contribution in [3.8, 4) is 0 Å². The highest BCUT2D eigenvalue weighted by Crippen LogP contribution is 2.40. The largest absolute Gasteiger partial charge is 0.371 e. The lowest BCUT2D eigenvalue weighted by molar-refractivity contribution is 0.302. The topological polar surface area (TPSA) is 68.2 Å². The molecule has 0 spiro atoms. The molecule has 110 valence electrons. The van der Waals surface area contributed by atoms with Crippen molar-refractivity contribution >= 4 is 5.69 Å². The van der Waals surface area contributed by atoms with Gasteiger partial charge in [0.25, 0.3) is 0 Å². The van der Waals surface area contributed by atoms with Gasteiger partial charge in [0.15, 0.2) is 5.82 Å². The van der Waals surface area contributed by atoms with Crippen molar-refractivity contribution in [2.45, 2.75) is 37.1 Å². The van der Waals surface area contributed by atoms with E-state index < -0.39 is 5.54 Å². The van der Waals surface area contributed by atoms with Crippen LogP contribution in [0.5, 0.6) is 0 Å². The summed E-state index contributed by atoms with van der Waals surface area (Å²) in [6, 6.07) is 10.5. The smallest absolute Gasteiger partial charge is 0.229 e. The first kappa shape index (κ1) is 12.8. The molecule has 4 rings (SSSR count). The molecule has 21 heavy (non-hydrogen) atoms. The molecule has 0 unspecified atom stereocenters. The number of hydrogen-bond acceptors (Lipinski definition) is 5. The van der Waals surface area contributed by atoms with Gasteiger partial charge in [-0.2, -0.15) is 4.98 Å². The molecular formula is C16H20N4O. The predicted molar refractivity (Wildman–Crippen MR) is 80.0 cm³/mol. The molecule has 1 aromatic heterocycles. The zero-order valence-corrected chi connectivity index (χ0v) is 12.0. The Kier molecular flexibility index (Phi) is 2.96. The zero-order valence-electron chi connectivity index (χ0n) is 12.0. The molecule has 1 saturated heterocycles. The van der Waals surface area contributed by atoms with Crippen LogP contribution < -0.4 is 10.6 Å². The van der Waals surface area contributed by atoms with Crippen molar-refractivity contribution in [2.75, 3.05) is 18.0 Å². The van der Waals surface area contributed by atoms with Gasteiger partial charge in [0.1, 0.15) is 0 Å². The van der Waals surface area contributed by atoms with E-state index in [1.165, 1.54) is 18.5 Å². The standard InChI is InChI=1S/C16H20N4O/c17-16(15-18-14(21-19-15)12-6-7-12)8-10-20(11-9-16)13-4-2-1-3-5-13/h1-5,12H,6-11,17H2. The van der Waals surface area contributed by atoms with E-state index in [-0.39, 0.29) is 0 Å². The number of benzene rings is 1. The first-order valence-electron chi connectivity index (χ1n) is 7.68. The van der Waals surface area contributed by atoms with Gasteiger partial charge in [0, 0.05) is 24.7 Å². The summed E-state index contributed by atoms with van der Waals surface area (Å²) < 4.78 is 5.36. The Morgan fingerprint density at radius 3 is 2.52 bits per heavy atom. The number of para-hydroxylation sites is 1. The van der Waals surface area contributed by atoms with Gasteiger partial charge in [0.2, 0.25) is 5.89 Å². The van der Waals surface area contributed by atoms with Gasteiger partial charge >= 0.3 is 0 Å². The van der Waals surface area contributed by atoms with Crippen molar-refractivity contribution in [3.63, 3.8) is 0 Å². The molecule has 2 N–H and O–H groups in total. The van der Waals surface area contributed by atoms with Crippen molar-refractivity contribution in [1.29, 1.82) is 0 Å². The van der Waals surface area contributed by atoms with Crippen LogP contribution in [0.4, 0.5) is 5.69 Å². The Balaban J connectivity index is 1.47. The Hall–Kier alpha value is -1.88. The number of aromatic nitrogens is 2. The number of hydrogen-bond donors (Lipinski definition) is 1. The highest BCUT2D eigenvalue weighted by atomic mass is 16.5. The number of piperidine rings is 1. The van der Waals surface area contributed by atoms with Crippen LogP contribution in [0.2, 0.25) is 0 Å². The lowest BCUT2D eigenvalue weighted by Gasteiger charge is -2.38. The highest BCUT2D eigenvalue weighted by molar-refractivity contribution is 5.46. The fourth-order valence-corrected chi connectivity index (χ4v) is 2.96. The van der Waals surface area contributed by atoms with Gasteiger partial charge < -0.3 is 15.2 Å². The monoisotopic (exact) mass is 284 g/mol. The number of anilines is 1. The van der Waals surface area contributed by atoms with E-state index in [4.69, 9.17) is 10.3 Å². The molecule has 2 aromatic rings. The molecule has 2 fully saturated rings. The number of nitrogens with zero attached hydrogens (tertiary/aromatic N) is 3. The van der Waals surface area contributed by atoms with Crippen LogP contribution in [0.15, 0.2) is 34.9 Å². The molecule has 1 saturated carbocycles. The third kappa shape index (κ3) is 2.42. The van der Waals surface area contributed by atoms with Crippen LogP contribution in [0.25, 0.3) is 0 Å². The summed E-state index contributed by atoms with van der Waals surface area (Å²) >= 11 is 0. The number of nitrogens with two attached hydrogens (primary N) is 1. The Labute approximate surface area is 124 Å². The second kappa shape index (κ2) is 4.84. The lowest BCUT2D eigenvalue weighted by Crippen LogP contribution is -2.49. The first-order valence-corrected chi connectivity index (χ1v) is 7.68. The Bertz CT molecular complexity index is 612. The second-order valence-electron chi connectivity index (χ2n) is 6.21. The highest BCUT2D eigenvalue weighted by Gasteiger charge is 2.38. The van der Waals surface area contributed by atoms with E-state index in [1.807, 2.05) is 6.07 Å². The molecule has 0 bridgehead atoms. The Morgan fingerprint density at radius 1 is 1.14 bits per heavy atom. The minimum atomic E-state index is -0.443. The van der Waals surface area contributed by atoms with Crippen LogP contribution in [0.3, 0.4) is 0 Å². The first-order chi connectivity index (χ1) is 10.2. The van der Waals surface area contributed by atoms with E-state index in [9.17, 15) is 0 Å². The van der Waals surface area contributed by atoms with Gasteiger partial charge in [-0.25, -0.2) is 0 Å². The quantitative estimate of drug-likeness (QED) is 0.937. The third-order valence-electron chi connectivity index (χ3n) is 4.59. The fraction of sp³-hybridized carbons (Fsp3) is 0.500. The maximum absolute atomic E-state index is 6.54. The third-order valence-corrected chi connectivity index (χ3v) is 4.59. The maximum atomic E-state index is 6.54. The van der Waals surface area contributed by atoms with Crippen LogP contribution in [-0.4, -0.2) is 23.2 Å². The van der Waals surface area contributed by atoms with E-state index in [0.29, 0.717) is 11.7 Å². The van der Waals surface area contributed by atoms with Gasteiger partial charge in [-0.15, -0.1) is 0 Å². The zero-order chi connectivity index (χ0) is 14.3. The molecule has 5 nitrogen and oxygen atoms in total. The van der Waals surface area contributed by atoms with Crippen molar-refractivity contribution in [2.24, 2.45) is 5.73 Å². The van der Waals surface area contributed by atoms with Crippen LogP contribution in [0.1, 0.15) is 43.3 Å². The van der Waals surface area contributed by atoms with Crippen molar-refractivity contribution in [3.05, 3.63) is 42.0 Å². The van der Waals surface area contributed by atoms with Crippen LogP contribution in [0, 0.1) is 0 Å². The Morgan fingerprint density at radius 2 is 1.86 bits per heavy atom. The van der Waals surface area contributed by atoms with Gasteiger partial charge in [-0.05, 0) is 37.8 Å². The molecule has 1 aliphatic carbocycles. The summed E-state index contributed by atoms with van der Waals surface area (Å²) in [6.45, 7) is 1.85. The lowest BCUT2D eigenvalue weighted by atomic mass is 9.87. The SMILES string of the molecule is NC1(c2noc(C3CC3)n2)CCN(c2ccccc2)CC1. The van der Waals surface area contributed by atoms with Crippen molar-refractivity contribution in [1.82, 2.24) is 10.1 Å². The van der Waals surface area contributed by atoms with E-state index in [1.54, 1.807) is 0 Å².